The molecule has 276 valence electrons. The third kappa shape index (κ3) is 12.2. The van der Waals surface area contributed by atoms with E-state index >= 15 is 0 Å². The van der Waals surface area contributed by atoms with E-state index in [1.54, 1.807) is 4.90 Å². The Kier molecular flexibility index (Phi) is 15.8. The van der Waals surface area contributed by atoms with Crippen LogP contribution in [0.2, 0.25) is 0 Å². The number of carbonyl (C=O) groups excluding carboxylic acids is 4. The number of hydrogen-bond acceptors (Lipinski definition) is 8. The summed E-state index contributed by atoms with van der Waals surface area (Å²) in [5.41, 5.74) is 13.7. The highest BCUT2D eigenvalue weighted by Gasteiger charge is 2.35. The minimum atomic E-state index is -3.62. The van der Waals surface area contributed by atoms with E-state index < -0.39 is 52.1 Å². The molecule has 4 atom stereocenters. The van der Waals surface area contributed by atoms with Crippen LogP contribution in [0.1, 0.15) is 44.2 Å². The maximum atomic E-state index is 13.9. The summed E-state index contributed by atoms with van der Waals surface area (Å²) >= 11 is 0. The molecule has 2 aromatic carbocycles. The second-order valence-electron chi connectivity index (χ2n) is 13.2. The fraction of sp³-hybridized carbons (Fsp3) is 0.543. The van der Waals surface area contributed by atoms with Gasteiger partial charge in [-0.15, -0.1) is 0 Å². The number of nitrogens with two attached hydrogens (primary N) is 2. The number of hydrogen-bond donors (Lipinski definition) is 5. The molecule has 3 rings (SSSR count). The SMILES string of the molecule is CC(C)C[C@@H](NC(=O)[C@@H](Cc1ccccc1)NC(=O)[C@H](N)Cc1ccccc1)C(=O)N[C@H](CCCN)C(=O)N1CCN(S(=O)(=O)N(C)C)CC1. The molecule has 0 aromatic heterocycles. The maximum absolute atomic E-state index is 13.9. The number of amides is 4. The average Bonchev–Trinajstić information content (AvgIpc) is 3.09. The van der Waals surface area contributed by atoms with Gasteiger partial charge in [-0.05, 0) is 49.3 Å². The molecular weight excluding hydrogens is 661 g/mol. The summed E-state index contributed by atoms with van der Waals surface area (Å²) in [7, 11) is -0.712. The molecule has 1 aliphatic rings. The summed E-state index contributed by atoms with van der Waals surface area (Å²) in [6, 6.07) is 14.7. The van der Waals surface area contributed by atoms with E-state index in [0.29, 0.717) is 13.0 Å². The van der Waals surface area contributed by atoms with Crippen LogP contribution >= 0.6 is 0 Å². The Morgan fingerprint density at radius 2 is 1.26 bits per heavy atom. The molecule has 0 bridgehead atoms. The lowest BCUT2D eigenvalue weighted by atomic mass is 9.99. The molecule has 0 spiro atoms. The van der Waals surface area contributed by atoms with Crippen LogP contribution < -0.4 is 27.4 Å². The number of piperazine rings is 1. The van der Waals surface area contributed by atoms with Crippen LogP contribution in [-0.4, -0.2) is 117 Å². The van der Waals surface area contributed by atoms with E-state index in [1.165, 1.54) is 18.4 Å². The van der Waals surface area contributed by atoms with Crippen LogP contribution in [0.3, 0.4) is 0 Å². The number of benzene rings is 2. The van der Waals surface area contributed by atoms with Gasteiger partial charge in [-0.2, -0.15) is 17.0 Å². The Hall–Kier alpha value is -3.89. The number of nitrogens with one attached hydrogen (secondary N) is 3. The van der Waals surface area contributed by atoms with Gasteiger partial charge in [-0.25, -0.2) is 0 Å². The molecule has 14 nitrogen and oxygen atoms in total. The van der Waals surface area contributed by atoms with Gasteiger partial charge < -0.3 is 32.3 Å². The maximum Gasteiger partial charge on any atom is 0.281 e. The normalized spacial score (nSPS) is 16.4. The van der Waals surface area contributed by atoms with E-state index in [9.17, 15) is 27.6 Å². The molecule has 1 heterocycles. The molecule has 0 saturated carbocycles. The van der Waals surface area contributed by atoms with E-state index in [1.807, 2.05) is 74.5 Å². The lowest BCUT2D eigenvalue weighted by Crippen LogP contribution is -2.60. The smallest absolute Gasteiger partial charge is 0.281 e. The van der Waals surface area contributed by atoms with Crippen molar-refractivity contribution in [3.8, 4) is 0 Å². The molecule has 15 heteroatoms. The second-order valence-corrected chi connectivity index (χ2v) is 15.4. The monoisotopic (exact) mass is 714 g/mol. The van der Waals surface area contributed by atoms with E-state index in [2.05, 4.69) is 16.0 Å². The van der Waals surface area contributed by atoms with Crippen LogP contribution in [0.4, 0.5) is 0 Å². The Morgan fingerprint density at radius 1 is 0.760 bits per heavy atom. The summed E-state index contributed by atoms with van der Waals surface area (Å²) in [6.07, 6.45) is 1.45. The first-order valence-electron chi connectivity index (χ1n) is 17.1. The molecule has 0 unspecified atom stereocenters. The Morgan fingerprint density at radius 3 is 1.78 bits per heavy atom. The van der Waals surface area contributed by atoms with Crippen LogP contribution in [0.5, 0.6) is 0 Å². The molecule has 0 aliphatic carbocycles. The minimum Gasteiger partial charge on any atom is -0.343 e. The molecule has 1 fully saturated rings. The first kappa shape index (κ1) is 40.5. The molecule has 50 heavy (non-hydrogen) atoms. The summed E-state index contributed by atoms with van der Waals surface area (Å²) in [4.78, 5) is 56.1. The fourth-order valence-electron chi connectivity index (χ4n) is 5.72. The van der Waals surface area contributed by atoms with Gasteiger partial charge >= 0.3 is 0 Å². The quantitative estimate of drug-likeness (QED) is 0.142. The lowest BCUT2D eigenvalue weighted by molar-refractivity contribution is -0.139. The molecular formula is C35H54N8O6S. The first-order valence-corrected chi connectivity index (χ1v) is 18.5. The van der Waals surface area contributed by atoms with Crippen molar-refractivity contribution < 1.29 is 27.6 Å². The summed E-state index contributed by atoms with van der Waals surface area (Å²) < 4.78 is 27.6. The first-order chi connectivity index (χ1) is 23.7. The molecule has 7 N–H and O–H groups in total. The van der Waals surface area contributed by atoms with Crippen LogP contribution in [0, 0.1) is 5.92 Å². The highest BCUT2D eigenvalue weighted by atomic mass is 32.2. The average molecular weight is 715 g/mol. The molecule has 2 aromatic rings. The van der Waals surface area contributed by atoms with Gasteiger partial charge in [0.2, 0.25) is 23.6 Å². The Balaban J connectivity index is 1.75. The summed E-state index contributed by atoms with van der Waals surface area (Å²) in [6.45, 7) is 4.71. The predicted molar refractivity (Wildman–Crippen MR) is 193 cm³/mol. The Bertz CT molecular complexity index is 1500. The topological polar surface area (TPSA) is 200 Å². The fourth-order valence-corrected chi connectivity index (χ4v) is 6.80. The zero-order valence-electron chi connectivity index (χ0n) is 29.6. The second kappa shape index (κ2) is 19.5. The van der Waals surface area contributed by atoms with Crippen molar-refractivity contribution >= 4 is 33.8 Å². The highest BCUT2D eigenvalue weighted by molar-refractivity contribution is 7.86. The van der Waals surface area contributed by atoms with Crippen LogP contribution in [0.25, 0.3) is 0 Å². The van der Waals surface area contributed by atoms with Gasteiger partial charge in [0, 0.05) is 46.7 Å². The van der Waals surface area contributed by atoms with Crippen molar-refractivity contribution in [2.45, 2.75) is 70.1 Å². The van der Waals surface area contributed by atoms with Gasteiger partial charge in [-0.1, -0.05) is 74.5 Å². The minimum absolute atomic E-state index is 0.00238. The van der Waals surface area contributed by atoms with Gasteiger partial charge in [0.15, 0.2) is 0 Å². The van der Waals surface area contributed by atoms with Gasteiger partial charge in [0.05, 0.1) is 6.04 Å². The van der Waals surface area contributed by atoms with Gasteiger partial charge in [-0.3, -0.25) is 19.2 Å². The van der Waals surface area contributed by atoms with Crippen molar-refractivity contribution in [2.75, 3.05) is 46.8 Å². The van der Waals surface area contributed by atoms with Crippen molar-refractivity contribution in [3.05, 3.63) is 71.8 Å². The molecule has 1 saturated heterocycles. The standard InChI is InChI=1S/C35H54N8O6S/c1-25(2)22-30(33(45)38-29(16-11-17-36)35(47)42-18-20-43(21-19-42)50(48,49)41(3)4)40-34(46)31(24-27-14-9-6-10-15-27)39-32(44)28(37)23-26-12-7-5-8-13-26/h5-10,12-15,25,28-31H,11,16-24,36-37H2,1-4H3,(H,38,45)(H,39,44)(H,40,46)/t28-,29-,30-,31-/m1/s1. The Labute approximate surface area is 296 Å². The number of nitrogens with zero attached hydrogens (tertiary/aromatic N) is 3. The summed E-state index contributed by atoms with van der Waals surface area (Å²) in [5.74, 6) is -1.94. The van der Waals surface area contributed by atoms with Crippen molar-refractivity contribution in [2.24, 2.45) is 17.4 Å². The van der Waals surface area contributed by atoms with Gasteiger partial charge in [0.25, 0.3) is 10.2 Å². The van der Waals surface area contributed by atoms with Crippen molar-refractivity contribution in [3.63, 3.8) is 0 Å². The highest BCUT2D eigenvalue weighted by Crippen LogP contribution is 2.14. The zero-order chi connectivity index (χ0) is 36.8. The van der Waals surface area contributed by atoms with E-state index in [0.717, 1.165) is 15.4 Å². The van der Waals surface area contributed by atoms with Gasteiger partial charge in [0.1, 0.15) is 18.1 Å². The molecule has 4 amide bonds. The predicted octanol–water partition coefficient (Wildman–Crippen LogP) is -0.0109. The number of carbonyl (C=O) groups is 4. The summed E-state index contributed by atoms with van der Waals surface area (Å²) in [5, 5.41) is 8.49. The van der Waals surface area contributed by atoms with Crippen LogP contribution in [-0.2, 0) is 42.2 Å². The van der Waals surface area contributed by atoms with E-state index in [4.69, 9.17) is 11.5 Å². The molecule has 0 radical (unpaired) electrons. The van der Waals surface area contributed by atoms with Crippen molar-refractivity contribution in [1.29, 1.82) is 0 Å². The lowest BCUT2D eigenvalue weighted by Gasteiger charge is -2.37. The van der Waals surface area contributed by atoms with Crippen LogP contribution in [0.15, 0.2) is 60.7 Å². The van der Waals surface area contributed by atoms with Crippen molar-refractivity contribution in [1.82, 2.24) is 29.5 Å². The third-order valence-corrected chi connectivity index (χ3v) is 10.5. The molecule has 1 aliphatic heterocycles. The third-order valence-electron chi connectivity index (χ3n) is 8.54. The largest absolute Gasteiger partial charge is 0.343 e. The van der Waals surface area contributed by atoms with E-state index in [-0.39, 0.29) is 63.7 Å². The zero-order valence-corrected chi connectivity index (χ0v) is 30.4. The number of rotatable bonds is 18.